The zero-order chi connectivity index (χ0) is 16.9. The number of amides is 1. The lowest BCUT2D eigenvalue weighted by molar-refractivity contribution is -0.147. The number of rotatable bonds is 7. The molecular weight excluding hydrogens is 294 g/mol. The van der Waals surface area contributed by atoms with Crippen molar-refractivity contribution in [1.29, 1.82) is 0 Å². The summed E-state index contributed by atoms with van der Waals surface area (Å²) in [5.41, 5.74) is 0.288. The highest BCUT2D eigenvalue weighted by molar-refractivity contribution is 5.80. The van der Waals surface area contributed by atoms with Crippen LogP contribution in [0, 0.1) is 5.41 Å². The molecule has 23 heavy (non-hydrogen) atoms. The zero-order valence-electron chi connectivity index (χ0n) is 13.9. The molecule has 1 aromatic rings. The van der Waals surface area contributed by atoms with E-state index in [1.54, 1.807) is 11.8 Å². The summed E-state index contributed by atoms with van der Waals surface area (Å²) in [7, 11) is 0. The number of aliphatic carboxylic acids is 1. The van der Waals surface area contributed by atoms with Gasteiger partial charge >= 0.3 is 5.97 Å². The molecule has 1 amide bonds. The summed E-state index contributed by atoms with van der Waals surface area (Å²) in [5.74, 6) is 0.0513. The summed E-state index contributed by atoms with van der Waals surface area (Å²) in [6.45, 7) is 5.32. The summed E-state index contributed by atoms with van der Waals surface area (Å²) in [5, 5.41) is 9.22. The summed E-state index contributed by atoms with van der Waals surface area (Å²) in [6.07, 6.45) is 2.57. The van der Waals surface area contributed by atoms with Gasteiger partial charge in [0.1, 0.15) is 5.75 Å². The van der Waals surface area contributed by atoms with E-state index in [1.807, 2.05) is 24.3 Å². The topological polar surface area (TPSA) is 66.8 Å². The Morgan fingerprint density at radius 2 is 2.00 bits per heavy atom. The molecule has 2 rings (SSSR count). The van der Waals surface area contributed by atoms with E-state index in [9.17, 15) is 14.7 Å². The molecule has 0 aliphatic carbocycles. The Balaban J connectivity index is 1.82. The van der Waals surface area contributed by atoms with Crippen molar-refractivity contribution in [3.8, 4) is 5.75 Å². The number of hydrogen-bond acceptors (Lipinski definition) is 3. The van der Waals surface area contributed by atoms with Crippen LogP contribution < -0.4 is 4.74 Å². The van der Waals surface area contributed by atoms with Crippen molar-refractivity contribution in [2.75, 3.05) is 19.7 Å². The summed E-state index contributed by atoms with van der Waals surface area (Å²) in [6, 6.07) is 7.80. The second-order valence-electron chi connectivity index (χ2n) is 6.42. The number of carboxylic acid groups (broad SMARTS) is 1. The molecule has 0 saturated carbocycles. The Morgan fingerprint density at radius 1 is 1.30 bits per heavy atom. The first-order valence-corrected chi connectivity index (χ1v) is 8.17. The number of ether oxygens (including phenoxy) is 1. The van der Waals surface area contributed by atoms with Gasteiger partial charge in [0.2, 0.25) is 5.91 Å². The van der Waals surface area contributed by atoms with E-state index in [2.05, 4.69) is 6.92 Å². The maximum atomic E-state index is 12.2. The molecule has 5 nitrogen and oxygen atoms in total. The van der Waals surface area contributed by atoms with Crippen LogP contribution in [0.5, 0.6) is 5.75 Å². The molecular formula is C18H25NO4. The average molecular weight is 319 g/mol. The lowest BCUT2D eigenvalue weighted by atomic mass is 9.90. The third-order valence-electron chi connectivity index (χ3n) is 4.37. The fraction of sp³-hybridized carbons (Fsp3) is 0.556. The molecule has 126 valence electrons. The van der Waals surface area contributed by atoms with E-state index in [1.165, 1.54) is 0 Å². The van der Waals surface area contributed by atoms with E-state index in [0.29, 0.717) is 39.0 Å². The van der Waals surface area contributed by atoms with Gasteiger partial charge in [-0.15, -0.1) is 0 Å². The lowest BCUT2D eigenvalue weighted by Gasteiger charge is -2.20. The van der Waals surface area contributed by atoms with Crippen molar-refractivity contribution in [3.63, 3.8) is 0 Å². The highest BCUT2D eigenvalue weighted by Crippen LogP contribution is 2.30. The van der Waals surface area contributed by atoms with Crippen molar-refractivity contribution < 1.29 is 19.4 Å². The first-order chi connectivity index (χ1) is 10.9. The van der Waals surface area contributed by atoms with Crippen molar-refractivity contribution in [1.82, 2.24) is 4.90 Å². The average Bonchev–Trinajstić information content (AvgIpc) is 2.95. The Kier molecular flexibility index (Phi) is 5.64. The number of nitrogens with zero attached hydrogens (tertiary/aromatic N) is 1. The highest BCUT2D eigenvalue weighted by atomic mass is 16.5. The largest absolute Gasteiger partial charge is 0.494 e. The maximum absolute atomic E-state index is 12.2. The Morgan fingerprint density at radius 3 is 2.57 bits per heavy atom. The van der Waals surface area contributed by atoms with E-state index in [0.717, 1.165) is 17.7 Å². The molecule has 1 aliphatic rings. The maximum Gasteiger partial charge on any atom is 0.311 e. The molecule has 1 aliphatic heterocycles. The lowest BCUT2D eigenvalue weighted by Crippen LogP contribution is -2.34. The van der Waals surface area contributed by atoms with Gasteiger partial charge in [0.25, 0.3) is 0 Å². The first kappa shape index (κ1) is 17.3. The minimum Gasteiger partial charge on any atom is -0.494 e. The molecule has 5 heteroatoms. The van der Waals surface area contributed by atoms with E-state index < -0.39 is 11.4 Å². The van der Waals surface area contributed by atoms with Crippen LogP contribution in [0.15, 0.2) is 24.3 Å². The van der Waals surface area contributed by atoms with Crippen LogP contribution in [0.4, 0.5) is 0 Å². The van der Waals surface area contributed by atoms with E-state index in [-0.39, 0.29) is 5.91 Å². The van der Waals surface area contributed by atoms with E-state index in [4.69, 9.17) is 4.74 Å². The summed E-state index contributed by atoms with van der Waals surface area (Å²) >= 11 is 0. The second kappa shape index (κ2) is 7.49. The van der Waals surface area contributed by atoms with Crippen LogP contribution in [0.1, 0.15) is 38.7 Å². The first-order valence-electron chi connectivity index (χ1n) is 8.17. The molecule has 1 N–H and O–H groups in total. The predicted molar refractivity (Wildman–Crippen MR) is 87.5 cm³/mol. The van der Waals surface area contributed by atoms with Crippen molar-refractivity contribution in [2.24, 2.45) is 5.41 Å². The monoisotopic (exact) mass is 319 g/mol. The van der Waals surface area contributed by atoms with Gasteiger partial charge in [-0.2, -0.15) is 0 Å². The second-order valence-corrected chi connectivity index (χ2v) is 6.42. The quantitative estimate of drug-likeness (QED) is 0.839. The number of carboxylic acids is 1. The fourth-order valence-corrected chi connectivity index (χ4v) is 2.73. The Labute approximate surface area is 137 Å². The molecule has 0 spiro atoms. The standard InChI is InChI=1S/C18H25NO4/c1-3-12-23-15-7-4-14(5-8-15)6-9-16(20)19-11-10-18(2,13-19)17(21)22/h4-5,7-8H,3,6,9-13H2,1-2H3,(H,21,22)/t18-/m0/s1. The van der Waals surface area contributed by atoms with Crippen molar-refractivity contribution >= 4 is 11.9 Å². The number of hydrogen-bond donors (Lipinski definition) is 1. The van der Waals surface area contributed by atoms with Crippen LogP contribution in [-0.4, -0.2) is 41.6 Å². The summed E-state index contributed by atoms with van der Waals surface area (Å²) in [4.78, 5) is 25.1. The number of benzene rings is 1. The number of carbonyl (C=O) groups excluding carboxylic acids is 1. The minimum absolute atomic E-state index is 0.0290. The van der Waals surface area contributed by atoms with Crippen LogP contribution in [0.2, 0.25) is 0 Å². The third kappa shape index (κ3) is 4.47. The van der Waals surface area contributed by atoms with Gasteiger partial charge in [0.05, 0.1) is 12.0 Å². The molecule has 0 unspecified atom stereocenters. The van der Waals surface area contributed by atoms with Gasteiger partial charge in [0, 0.05) is 19.5 Å². The van der Waals surface area contributed by atoms with Crippen molar-refractivity contribution in [2.45, 2.75) is 39.5 Å². The van der Waals surface area contributed by atoms with Crippen LogP contribution >= 0.6 is 0 Å². The highest BCUT2D eigenvalue weighted by Gasteiger charge is 2.41. The van der Waals surface area contributed by atoms with Gasteiger partial charge in [-0.05, 0) is 43.9 Å². The Hall–Kier alpha value is -2.04. The van der Waals surface area contributed by atoms with Gasteiger partial charge in [-0.25, -0.2) is 0 Å². The minimum atomic E-state index is -0.824. The normalized spacial score (nSPS) is 20.5. The smallest absolute Gasteiger partial charge is 0.311 e. The van der Waals surface area contributed by atoms with Gasteiger partial charge in [-0.3, -0.25) is 9.59 Å². The number of carbonyl (C=O) groups is 2. The SMILES string of the molecule is CCCOc1ccc(CCC(=O)N2CC[C@](C)(C(=O)O)C2)cc1. The molecule has 1 saturated heterocycles. The fourth-order valence-electron chi connectivity index (χ4n) is 2.73. The van der Waals surface area contributed by atoms with Gasteiger partial charge in [0.15, 0.2) is 0 Å². The third-order valence-corrected chi connectivity index (χ3v) is 4.37. The Bertz CT molecular complexity index is 555. The van der Waals surface area contributed by atoms with Crippen molar-refractivity contribution in [3.05, 3.63) is 29.8 Å². The molecule has 1 aromatic carbocycles. The van der Waals surface area contributed by atoms with Crippen LogP contribution in [-0.2, 0) is 16.0 Å². The number of aryl methyl sites for hydroxylation is 1. The van der Waals surface area contributed by atoms with E-state index >= 15 is 0 Å². The predicted octanol–water partition coefficient (Wildman–Crippen LogP) is 2.73. The van der Waals surface area contributed by atoms with Crippen LogP contribution in [0.3, 0.4) is 0 Å². The molecule has 0 radical (unpaired) electrons. The zero-order valence-corrected chi connectivity index (χ0v) is 13.9. The molecule has 1 fully saturated rings. The van der Waals surface area contributed by atoms with Gasteiger partial charge in [-0.1, -0.05) is 19.1 Å². The molecule has 1 atom stereocenters. The molecule has 0 aromatic heterocycles. The molecule has 0 bridgehead atoms. The van der Waals surface area contributed by atoms with Gasteiger partial charge < -0.3 is 14.7 Å². The molecule has 1 heterocycles. The summed E-state index contributed by atoms with van der Waals surface area (Å²) < 4.78 is 5.53. The van der Waals surface area contributed by atoms with Crippen LogP contribution in [0.25, 0.3) is 0 Å². The number of likely N-dealkylation sites (tertiary alicyclic amines) is 1.